The molecule has 138 valence electrons. The van der Waals surface area contributed by atoms with E-state index in [1.165, 1.54) is 5.56 Å². The summed E-state index contributed by atoms with van der Waals surface area (Å²) in [5.74, 6) is -0.943. The second-order valence-corrected chi connectivity index (χ2v) is 5.22. The number of halogens is 2. The van der Waals surface area contributed by atoms with Crippen LogP contribution in [0.3, 0.4) is 0 Å². The van der Waals surface area contributed by atoms with Gasteiger partial charge in [-0.3, -0.25) is 14.5 Å². The fourth-order valence-electron chi connectivity index (χ4n) is 2.20. The van der Waals surface area contributed by atoms with Crippen molar-refractivity contribution >= 4 is 36.6 Å². The molecule has 0 saturated carbocycles. The van der Waals surface area contributed by atoms with Gasteiger partial charge in [0.15, 0.2) is 0 Å². The van der Waals surface area contributed by atoms with Crippen molar-refractivity contribution in [3.8, 4) is 0 Å². The highest BCUT2D eigenvalue weighted by atomic mass is 35.5. The van der Waals surface area contributed by atoms with E-state index in [-0.39, 0.29) is 37.1 Å². The molecule has 0 aromatic heterocycles. The van der Waals surface area contributed by atoms with E-state index in [2.05, 4.69) is 30.1 Å². The minimum absolute atomic E-state index is 0. The number of nitrogens with zero attached hydrogens (tertiary/aromatic N) is 1. The highest BCUT2D eigenvalue weighted by Crippen LogP contribution is 2.11. The average Bonchev–Trinajstić information content (AvgIpc) is 2.50. The Balaban J connectivity index is 0. The van der Waals surface area contributed by atoms with Gasteiger partial charge in [0, 0.05) is 13.1 Å². The number of hydrogen-bond donors (Lipinski definition) is 3. The first-order chi connectivity index (χ1) is 10.5. The van der Waals surface area contributed by atoms with Crippen LogP contribution >= 0.6 is 24.8 Å². The van der Waals surface area contributed by atoms with E-state index in [9.17, 15) is 9.59 Å². The molecule has 8 heteroatoms. The lowest BCUT2D eigenvalue weighted by atomic mass is 10.1. The zero-order chi connectivity index (χ0) is 16.5. The van der Waals surface area contributed by atoms with Gasteiger partial charge in [0.2, 0.25) is 11.8 Å². The molecule has 0 radical (unpaired) electrons. The summed E-state index contributed by atoms with van der Waals surface area (Å²) in [5.41, 5.74) is 12.9. The maximum atomic E-state index is 11.8. The van der Waals surface area contributed by atoms with Gasteiger partial charge in [-0.05, 0) is 24.2 Å². The second kappa shape index (κ2) is 13.0. The Hall–Kier alpha value is -1.34. The fraction of sp³-hybridized carbons (Fsp3) is 0.500. The number of primary amides is 1. The number of amides is 2. The molecule has 0 spiro atoms. The molecule has 5 N–H and O–H groups in total. The third-order valence-electron chi connectivity index (χ3n) is 3.62. The third-order valence-corrected chi connectivity index (χ3v) is 3.62. The normalized spacial score (nSPS) is 11.2. The lowest BCUT2D eigenvalue weighted by Crippen LogP contribution is -2.42. The maximum absolute atomic E-state index is 11.8. The second-order valence-electron chi connectivity index (χ2n) is 5.22. The minimum atomic E-state index is -0.896. The van der Waals surface area contributed by atoms with Gasteiger partial charge in [0.25, 0.3) is 0 Å². The summed E-state index contributed by atoms with van der Waals surface area (Å²) < 4.78 is 0. The molecular weight excluding hydrogens is 351 g/mol. The van der Waals surface area contributed by atoms with Gasteiger partial charge in [-0.2, -0.15) is 0 Å². The molecule has 0 aliphatic rings. The molecule has 1 aromatic carbocycles. The van der Waals surface area contributed by atoms with Crippen molar-refractivity contribution < 1.29 is 9.59 Å². The monoisotopic (exact) mass is 378 g/mol. The first-order valence-electron chi connectivity index (χ1n) is 7.58. The van der Waals surface area contributed by atoms with Crippen molar-refractivity contribution in [3.05, 3.63) is 35.4 Å². The van der Waals surface area contributed by atoms with Gasteiger partial charge >= 0.3 is 0 Å². The summed E-state index contributed by atoms with van der Waals surface area (Å²) >= 11 is 0. The van der Waals surface area contributed by atoms with Crippen LogP contribution in [0.2, 0.25) is 0 Å². The summed E-state index contributed by atoms with van der Waals surface area (Å²) in [6.45, 7) is 7.42. The molecule has 24 heavy (non-hydrogen) atoms. The minimum Gasteiger partial charge on any atom is -0.370 e. The SMILES string of the molecule is CCN(CC)Cc1ccccc1CNC(=O)C(N)CC(N)=O.Cl.Cl. The molecule has 1 rings (SSSR count). The van der Waals surface area contributed by atoms with Crippen LogP contribution in [0.1, 0.15) is 31.4 Å². The number of nitrogens with one attached hydrogen (secondary N) is 1. The Labute approximate surface area is 156 Å². The van der Waals surface area contributed by atoms with Crippen LogP contribution in [0.15, 0.2) is 24.3 Å². The standard InChI is InChI=1S/C16H26N4O2.2ClH/c1-3-20(4-2)11-13-8-6-5-7-12(13)10-19-16(22)14(17)9-15(18)21;;/h5-8,14H,3-4,9-11,17H2,1-2H3,(H2,18,21)(H,19,22);2*1H. The summed E-state index contributed by atoms with van der Waals surface area (Å²) in [5, 5.41) is 2.76. The summed E-state index contributed by atoms with van der Waals surface area (Å²) in [6.07, 6.45) is -0.146. The van der Waals surface area contributed by atoms with Gasteiger partial charge in [-0.15, -0.1) is 24.8 Å². The molecule has 0 saturated heterocycles. The Kier molecular flexibility index (Phi) is 13.5. The van der Waals surface area contributed by atoms with Crippen molar-refractivity contribution in [2.75, 3.05) is 13.1 Å². The molecule has 0 heterocycles. The summed E-state index contributed by atoms with van der Waals surface area (Å²) in [6, 6.07) is 7.08. The van der Waals surface area contributed by atoms with Gasteiger partial charge in [-0.1, -0.05) is 38.1 Å². The van der Waals surface area contributed by atoms with Crippen molar-refractivity contribution in [1.29, 1.82) is 0 Å². The molecule has 1 atom stereocenters. The highest BCUT2D eigenvalue weighted by molar-refractivity contribution is 5.87. The predicted octanol–water partition coefficient (Wildman–Crippen LogP) is 1.19. The topological polar surface area (TPSA) is 101 Å². The zero-order valence-electron chi connectivity index (χ0n) is 14.2. The van der Waals surface area contributed by atoms with Crippen LogP contribution in [0, 0.1) is 0 Å². The molecule has 0 fully saturated rings. The summed E-state index contributed by atoms with van der Waals surface area (Å²) in [4.78, 5) is 24.9. The van der Waals surface area contributed by atoms with Crippen LogP contribution in [0.25, 0.3) is 0 Å². The van der Waals surface area contributed by atoms with Crippen molar-refractivity contribution in [2.24, 2.45) is 11.5 Å². The largest absolute Gasteiger partial charge is 0.370 e. The number of carbonyl (C=O) groups is 2. The van der Waals surface area contributed by atoms with Crippen molar-refractivity contribution in [2.45, 2.75) is 39.4 Å². The lowest BCUT2D eigenvalue weighted by molar-refractivity contribution is -0.126. The van der Waals surface area contributed by atoms with Crippen LogP contribution in [-0.4, -0.2) is 35.8 Å². The summed E-state index contributed by atoms with van der Waals surface area (Å²) in [7, 11) is 0. The molecular formula is C16H28Cl2N4O2. The molecule has 2 amide bonds. The third kappa shape index (κ3) is 8.49. The smallest absolute Gasteiger partial charge is 0.237 e. The van der Waals surface area contributed by atoms with Crippen LogP contribution < -0.4 is 16.8 Å². The van der Waals surface area contributed by atoms with E-state index in [0.717, 1.165) is 25.2 Å². The lowest BCUT2D eigenvalue weighted by Gasteiger charge is -2.20. The number of hydrogen-bond acceptors (Lipinski definition) is 4. The van der Waals surface area contributed by atoms with Crippen molar-refractivity contribution in [3.63, 3.8) is 0 Å². The molecule has 6 nitrogen and oxygen atoms in total. The van der Waals surface area contributed by atoms with Gasteiger partial charge in [0.1, 0.15) is 0 Å². The average molecular weight is 379 g/mol. The predicted molar refractivity (Wildman–Crippen MR) is 101 cm³/mol. The van der Waals surface area contributed by atoms with Crippen LogP contribution in [0.5, 0.6) is 0 Å². The molecule has 0 bridgehead atoms. The Morgan fingerprint density at radius 1 is 1.12 bits per heavy atom. The number of benzene rings is 1. The highest BCUT2D eigenvalue weighted by Gasteiger charge is 2.16. The maximum Gasteiger partial charge on any atom is 0.237 e. The number of rotatable bonds is 9. The number of nitrogens with two attached hydrogens (primary N) is 2. The molecule has 0 aliphatic heterocycles. The van der Waals surface area contributed by atoms with E-state index in [1.54, 1.807) is 0 Å². The van der Waals surface area contributed by atoms with Gasteiger partial charge in [-0.25, -0.2) is 0 Å². The first kappa shape index (κ1) is 24.9. The number of carbonyl (C=O) groups excluding carboxylic acids is 2. The van der Waals surface area contributed by atoms with E-state index in [0.29, 0.717) is 6.54 Å². The fourth-order valence-corrected chi connectivity index (χ4v) is 2.20. The van der Waals surface area contributed by atoms with E-state index >= 15 is 0 Å². The first-order valence-corrected chi connectivity index (χ1v) is 7.58. The van der Waals surface area contributed by atoms with Gasteiger partial charge in [0.05, 0.1) is 12.5 Å². The quantitative estimate of drug-likeness (QED) is 0.600. The van der Waals surface area contributed by atoms with E-state index < -0.39 is 11.9 Å². The molecule has 1 aromatic rings. The van der Waals surface area contributed by atoms with Crippen LogP contribution in [-0.2, 0) is 22.7 Å². The van der Waals surface area contributed by atoms with Crippen molar-refractivity contribution in [1.82, 2.24) is 10.2 Å². The van der Waals surface area contributed by atoms with Crippen LogP contribution in [0.4, 0.5) is 0 Å². The Morgan fingerprint density at radius 3 is 2.17 bits per heavy atom. The van der Waals surface area contributed by atoms with E-state index in [4.69, 9.17) is 11.5 Å². The van der Waals surface area contributed by atoms with Gasteiger partial charge < -0.3 is 16.8 Å². The Bertz CT molecular complexity index is 511. The Morgan fingerprint density at radius 2 is 1.67 bits per heavy atom. The van der Waals surface area contributed by atoms with E-state index in [1.807, 2.05) is 18.2 Å². The molecule has 0 aliphatic carbocycles. The molecule has 1 unspecified atom stereocenters. The zero-order valence-corrected chi connectivity index (χ0v) is 15.8.